The SMILES string of the molecule is O=C(N[C@H]1CC[C@H](CN2C(=O)C(O)(c3ccccc3F)c3ccc(F)cc32)CC1)c1cc(Cl)cnc1C(F)F. The summed E-state index contributed by atoms with van der Waals surface area (Å²) in [5.41, 5.74) is -3.17. The number of hydrogen-bond acceptors (Lipinski definition) is 4. The molecule has 1 atom stereocenters. The summed E-state index contributed by atoms with van der Waals surface area (Å²) in [7, 11) is 0. The van der Waals surface area contributed by atoms with Crippen LogP contribution in [-0.2, 0) is 10.4 Å². The summed E-state index contributed by atoms with van der Waals surface area (Å²) >= 11 is 5.85. The summed E-state index contributed by atoms with van der Waals surface area (Å²) in [6, 6.07) is 9.84. The van der Waals surface area contributed by atoms with E-state index in [1.807, 2.05) is 0 Å². The number of alkyl halides is 2. The predicted octanol–water partition coefficient (Wildman–Crippen LogP) is 5.52. The van der Waals surface area contributed by atoms with Gasteiger partial charge in [-0.3, -0.25) is 14.6 Å². The quantitative estimate of drug-likeness (QED) is 0.388. The van der Waals surface area contributed by atoms with E-state index in [4.69, 9.17) is 11.6 Å². The second kappa shape index (κ2) is 10.6. The van der Waals surface area contributed by atoms with Crippen molar-refractivity contribution in [1.29, 1.82) is 0 Å². The van der Waals surface area contributed by atoms with Gasteiger partial charge in [-0.25, -0.2) is 17.6 Å². The number of benzene rings is 2. The zero-order chi connectivity index (χ0) is 27.9. The van der Waals surface area contributed by atoms with Crippen molar-refractivity contribution in [3.63, 3.8) is 0 Å². The normalized spacial score (nSPS) is 22.7. The second-order valence-electron chi connectivity index (χ2n) is 9.85. The van der Waals surface area contributed by atoms with Gasteiger partial charge in [-0.2, -0.15) is 0 Å². The van der Waals surface area contributed by atoms with Crippen LogP contribution in [0.5, 0.6) is 0 Å². The van der Waals surface area contributed by atoms with Crippen LogP contribution in [0.1, 0.15) is 59.3 Å². The van der Waals surface area contributed by atoms with Crippen molar-refractivity contribution in [2.75, 3.05) is 11.4 Å². The van der Waals surface area contributed by atoms with Crippen LogP contribution in [0.2, 0.25) is 5.02 Å². The van der Waals surface area contributed by atoms with Crippen LogP contribution < -0.4 is 10.2 Å². The fourth-order valence-electron chi connectivity index (χ4n) is 5.47. The highest BCUT2D eigenvalue weighted by Gasteiger charge is 2.52. The molecule has 1 fully saturated rings. The van der Waals surface area contributed by atoms with Gasteiger partial charge in [0.25, 0.3) is 18.2 Å². The summed E-state index contributed by atoms with van der Waals surface area (Å²) in [4.78, 5) is 31.1. The second-order valence-corrected chi connectivity index (χ2v) is 10.3. The van der Waals surface area contributed by atoms with E-state index in [1.165, 1.54) is 29.2 Å². The number of nitrogens with zero attached hydrogens (tertiary/aromatic N) is 2. The van der Waals surface area contributed by atoms with E-state index in [9.17, 15) is 32.3 Å². The fourth-order valence-corrected chi connectivity index (χ4v) is 5.62. The van der Waals surface area contributed by atoms with Crippen LogP contribution in [0.3, 0.4) is 0 Å². The lowest BCUT2D eigenvalue weighted by Gasteiger charge is -2.32. The maximum absolute atomic E-state index is 14.7. The van der Waals surface area contributed by atoms with Gasteiger partial charge in [-0.15, -0.1) is 0 Å². The monoisotopic (exact) mass is 561 g/mol. The van der Waals surface area contributed by atoms with E-state index in [-0.39, 0.29) is 45.9 Å². The summed E-state index contributed by atoms with van der Waals surface area (Å²) in [5, 5.41) is 14.3. The van der Waals surface area contributed by atoms with Crippen LogP contribution >= 0.6 is 11.6 Å². The highest BCUT2D eigenvalue weighted by Crippen LogP contribution is 2.46. The van der Waals surface area contributed by atoms with E-state index in [0.29, 0.717) is 25.7 Å². The molecule has 5 rings (SSSR count). The molecule has 3 aromatic rings. The van der Waals surface area contributed by atoms with E-state index in [2.05, 4.69) is 10.3 Å². The summed E-state index contributed by atoms with van der Waals surface area (Å²) in [6.07, 6.45) is 0.253. The Balaban J connectivity index is 1.29. The molecule has 1 aromatic heterocycles. The highest BCUT2D eigenvalue weighted by atomic mass is 35.5. The lowest BCUT2D eigenvalue weighted by atomic mass is 9.85. The molecular weight excluding hydrogens is 538 g/mol. The van der Waals surface area contributed by atoms with Gasteiger partial charge in [0.1, 0.15) is 17.3 Å². The van der Waals surface area contributed by atoms with Crippen LogP contribution in [0.4, 0.5) is 23.2 Å². The fraction of sp³-hybridized carbons (Fsp3) is 0.321. The predicted molar refractivity (Wildman–Crippen MR) is 136 cm³/mol. The molecule has 2 N–H and O–H groups in total. The summed E-state index contributed by atoms with van der Waals surface area (Å²) in [5.74, 6) is -2.89. The molecule has 2 heterocycles. The number of aliphatic hydroxyl groups is 1. The number of rotatable bonds is 6. The molecule has 0 bridgehead atoms. The smallest absolute Gasteiger partial charge is 0.281 e. The van der Waals surface area contributed by atoms with E-state index >= 15 is 0 Å². The van der Waals surface area contributed by atoms with E-state index < -0.39 is 41.2 Å². The van der Waals surface area contributed by atoms with E-state index in [1.54, 1.807) is 0 Å². The first kappa shape index (κ1) is 27.1. The van der Waals surface area contributed by atoms with Gasteiger partial charge in [0, 0.05) is 29.9 Å². The zero-order valence-corrected chi connectivity index (χ0v) is 21.3. The number of aromatic nitrogens is 1. The average Bonchev–Trinajstić information content (AvgIpc) is 3.11. The van der Waals surface area contributed by atoms with E-state index in [0.717, 1.165) is 30.5 Å². The standard InChI is InChI=1S/C28H24ClF4N3O3/c29-16-11-19(24(25(32)33)34-13-16)26(37)35-18-8-5-15(6-9-18)14-36-23-12-17(30)7-10-21(23)28(39,27(36)38)20-3-1-2-4-22(20)31/h1-4,7,10-13,15,18,25,39H,5-6,8-9,14H2,(H,35,37)/t15-,18-,28?. The molecule has 6 nitrogen and oxygen atoms in total. The Morgan fingerprint density at radius 3 is 2.51 bits per heavy atom. The van der Waals surface area contributed by atoms with Gasteiger partial charge in [0.15, 0.2) is 5.60 Å². The van der Waals surface area contributed by atoms with Crippen molar-refractivity contribution in [1.82, 2.24) is 10.3 Å². The Labute approximate surface area is 226 Å². The van der Waals surface area contributed by atoms with Crippen molar-refractivity contribution in [2.24, 2.45) is 5.92 Å². The molecule has 2 aliphatic rings. The Bertz CT molecular complexity index is 1430. The Morgan fingerprint density at radius 1 is 1.10 bits per heavy atom. The maximum atomic E-state index is 14.7. The number of amides is 2. The minimum absolute atomic E-state index is 0.0642. The third kappa shape index (κ3) is 4.98. The first-order chi connectivity index (χ1) is 18.6. The summed E-state index contributed by atoms with van der Waals surface area (Å²) in [6.45, 7) is 0.153. The van der Waals surface area contributed by atoms with Crippen molar-refractivity contribution >= 4 is 29.1 Å². The Hall–Kier alpha value is -3.50. The molecule has 204 valence electrons. The first-order valence-corrected chi connectivity index (χ1v) is 12.8. The van der Waals surface area contributed by atoms with Gasteiger partial charge in [-0.1, -0.05) is 35.9 Å². The van der Waals surface area contributed by atoms with Crippen LogP contribution in [-0.4, -0.2) is 34.5 Å². The van der Waals surface area contributed by atoms with Crippen molar-refractivity contribution < 1.29 is 32.3 Å². The molecule has 0 spiro atoms. The number of nitrogens with one attached hydrogen (secondary N) is 1. The molecule has 1 aliphatic heterocycles. The Morgan fingerprint density at radius 2 is 1.82 bits per heavy atom. The van der Waals surface area contributed by atoms with Gasteiger partial charge in [0.05, 0.1) is 16.3 Å². The topological polar surface area (TPSA) is 82.5 Å². The molecule has 11 heteroatoms. The number of carbonyl (C=O) groups excluding carboxylic acids is 2. The number of pyridine rings is 1. The van der Waals surface area contributed by atoms with Gasteiger partial charge in [0.2, 0.25) is 0 Å². The lowest BCUT2D eigenvalue weighted by Crippen LogP contribution is -2.45. The number of carbonyl (C=O) groups is 2. The average molecular weight is 562 g/mol. The molecule has 39 heavy (non-hydrogen) atoms. The van der Waals surface area contributed by atoms with Crippen molar-refractivity contribution in [3.8, 4) is 0 Å². The zero-order valence-electron chi connectivity index (χ0n) is 20.5. The minimum atomic E-state index is -2.94. The molecule has 2 aromatic carbocycles. The van der Waals surface area contributed by atoms with Gasteiger partial charge < -0.3 is 15.3 Å². The number of anilines is 1. The number of hydrogen-bond donors (Lipinski definition) is 2. The summed E-state index contributed by atoms with van der Waals surface area (Å²) < 4.78 is 55.5. The maximum Gasteiger partial charge on any atom is 0.281 e. The third-order valence-corrected chi connectivity index (χ3v) is 7.62. The number of halogens is 5. The van der Waals surface area contributed by atoms with Gasteiger partial charge >= 0.3 is 0 Å². The third-order valence-electron chi connectivity index (χ3n) is 7.42. The van der Waals surface area contributed by atoms with Crippen LogP contribution in [0, 0.1) is 17.6 Å². The minimum Gasteiger partial charge on any atom is -0.372 e. The van der Waals surface area contributed by atoms with Crippen molar-refractivity contribution in [2.45, 2.75) is 43.8 Å². The number of fused-ring (bicyclic) bond motifs is 1. The molecule has 0 saturated heterocycles. The molecule has 1 aliphatic carbocycles. The van der Waals surface area contributed by atoms with Gasteiger partial charge in [-0.05, 0) is 55.9 Å². The Kier molecular flexibility index (Phi) is 7.35. The molecule has 2 amide bonds. The van der Waals surface area contributed by atoms with Crippen molar-refractivity contribution in [3.05, 3.63) is 93.8 Å². The molecule has 0 radical (unpaired) electrons. The molecular formula is C28H24ClF4N3O3. The largest absolute Gasteiger partial charge is 0.372 e. The van der Waals surface area contributed by atoms with Crippen LogP contribution in [0.15, 0.2) is 54.7 Å². The molecule has 1 saturated carbocycles. The highest BCUT2D eigenvalue weighted by molar-refractivity contribution is 6.30. The molecule has 1 unspecified atom stereocenters. The first-order valence-electron chi connectivity index (χ1n) is 12.4. The lowest BCUT2D eigenvalue weighted by molar-refractivity contribution is -0.132. The van der Waals surface area contributed by atoms with Crippen LogP contribution in [0.25, 0.3) is 0 Å².